The highest BCUT2D eigenvalue weighted by Gasteiger charge is 2.22. The van der Waals surface area contributed by atoms with Crippen molar-refractivity contribution in [3.05, 3.63) is 12.2 Å². The monoisotopic (exact) mass is 200 g/mol. The van der Waals surface area contributed by atoms with Gasteiger partial charge in [0.15, 0.2) is 0 Å². The van der Waals surface area contributed by atoms with Gasteiger partial charge in [-0.15, -0.1) is 41.4 Å². The van der Waals surface area contributed by atoms with Crippen molar-refractivity contribution in [1.82, 2.24) is 0 Å². The summed E-state index contributed by atoms with van der Waals surface area (Å²) >= 11 is 17.2. The first kappa shape index (κ1) is 10.6. The molecule has 0 saturated heterocycles. The van der Waals surface area contributed by atoms with Crippen LogP contribution in [0.2, 0.25) is 0 Å². The van der Waals surface area contributed by atoms with E-state index in [2.05, 4.69) is 6.58 Å². The molecule has 3 heteroatoms. The van der Waals surface area contributed by atoms with Gasteiger partial charge in [-0.2, -0.15) is 0 Å². The van der Waals surface area contributed by atoms with Crippen LogP contribution in [0.5, 0.6) is 0 Å². The number of allylic oxidation sites excluding steroid dienone is 1. The van der Waals surface area contributed by atoms with E-state index >= 15 is 0 Å². The molecule has 0 unspecified atom stereocenters. The summed E-state index contributed by atoms with van der Waals surface area (Å²) in [6.07, 6.45) is 1.22. The van der Waals surface area contributed by atoms with Crippen LogP contribution < -0.4 is 0 Å². The largest absolute Gasteiger partial charge is 0.127 e. The molecule has 0 aromatic heterocycles. The molecular weight excluding hydrogens is 190 g/mol. The van der Waals surface area contributed by atoms with Crippen molar-refractivity contribution in [3.8, 4) is 0 Å². The second kappa shape index (κ2) is 4.48. The Balaban J connectivity index is 3.74. The number of hydrogen-bond donors (Lipinski definition) is 0. The van der Waals surface area contributed by atoms with Crippen LogP contribution in [-0.4, -0.2) is 10.2 Å². The number of rotatable bonds is 4. The molecular formula is C7H11Cl3. The van der Waals surface area contributed by atoms with Crippen LogP contribution in [0.3, 0.4) is 0 Å². The van der Waals surface area contributed by atoms with Crippen LogP contribution in [0.25, 0.3) is 0 Å². The second-order valence-electron chi connectivity index (χ2n) is 2.43. The summed E-state index contributed by atoms with van der Waals surface area (Å²) in [5, 5.41) is 0. The van der Waals surface area contributed by atoms with E-state index in [4.69, 9.17) is 34.8 Å². The Labute approximate surface area is 77.1 Å². The molecule has 0 saturated carbocycles. The van der Waals surface area contributed by atoms with Crippen molar-refractivity contribution in [3.63, 3.8) is 0 Å². The molecule has 0 atom stereocenters. The minimum absolute atomic E-state index is 0.486. The van der Waals surface area contributed by atoms with E-state index in [1.807, 2.05) is 6.92 Å². The van der Waals surface area contributed by atoms with E-state index in [9.17, 15) is 0 Å². The van der Waals surface area contributed by atoms with E-state index in [-0.39, 0.29) is 0 Å². The summed E-state index contributed by atoms with van der Waals surface area (Å²) in [6.45, 7) is 5.61. The van der Waals surface area contributed by atoms with Gasteiger partial charge in [0.1, 0.15) is 4.33 Å². The van der Waals surface area contributed by atoms with Crippen LogP contribution in [-0.2, 0) is 0 Å². The molecule has 0 bridgehead atoms. The van der Waals surface area contributed by atoms with Crippen molar-refractivity contribution in [2.75, 3.05) is 5.88 Å². The SMILES string of the molecule is C=C(C)CC(Cl)(Cl)CCCl. The molecule has 60 valence electrons. The van der Waals surface area contributed by atoms with E-state index in [1.165, 1.54) is 0 Å². The highest BCUT2D eigenvalue weighted by Crippen LogP contribution is 2.32. The third-order valence-electron chi connectivity index (χ3n) is 1.02. The second-order valence-corrected chi connectivity index (χ2v) is 4.45. The minimum Gasteiger partial charge on any atom is -0.127 e. The molecule has 0 aliphatic heterocycles. The summed E-state index contributed by atoms with van der Waals surface area (Å²) in [5.41, 5.74) is 0.982. The lowest BCUT2D eigenvalue weighted by Gasteiger charge is -2.17. The zero-order valence-electron chi connectivity index (χ0n) is 5.96. The number of alkyl halides is 3. The topological polar surface area (TPSA) is 0 Å². The van der Waals surface area contributed by atoms with E-state index in [1.54, 1.807) is 0 Å². The van der Waals surface area contributed by atoms with Crippen molar-refractivity contribution < 1.29 is 0 Å². The van der Waals surface area contributed by atoms with Gasteiger partial charge in [0.25, 0.3) is 0 Å². The van der Waals surface area contributed by atoms with E-state index in [0.717, 1.165) is 5.57 Å². The molecule has 0 aromatic rings. The van der Waals surface area contributed by atoms with Crippen molar-refractivity contribution in [2.24, 2.45) is 0 Å². The summed E-state index contributed by atoms with van der Waals surface area (Å²) in [7, 11) is 0. The maximum atomic E-state index is 5.85. The van der Waals surface area contributed by atoms with Crippen molar-refractivity contribution in [2.45, 2.75) is 24.1 Å². The lowest BCUT2D eigenvalue weighted by molar-refractivity contribution is 0.737. The first-order valence-corrected chi connectivity index (χ1v) is 4.35. The number of hydrogen-bond acceptors (Lipinski definition) is 0. The minimum atomic E-state index is -0.715. The average Bonchev–Trinajstić information content (AvgIpc) is 1.59. The summed E-state index contributed by atoms with van der Waals surface area (Å²) in [6, 6.07) is 0. The predicted molar refractivity (Wildman–Crippen MR) is 49.2 cm³/mol. The molecule has 0 aliphatic rings. The molecule has 10 heavy (non-hydrogen) atoms. The highest BCUT2D eigenvalue weighted by molar-refractivity contribution is 6.48. The maximum absolute atomic E-state index is 5.85. The molecule has 0 radical (unpaired) electrons. The first-order valence-electron chi connectivity index (χ1n) is 3.06. The molecule has 0 aromatic carbocycles. The van der Waals surface area contributed by atoms with E-state index < -0.39 is 4.33 Å². The summed E-state index contributed by atoms with van der Waals surface area (Å²) in [5.74, 6) is 0.486. The Morgan fingerprint density at radius 3 is 2.30 bits per heavy atom. The van der Waals surface area contributed by atoms with Gasteiger partial charge in [-0.1, -0.05) is 5.57 Å². The van der Waals surface area contributed by atoms with E-state index in [0.29, 0.717) is 18.7 Å². The summed E-state index contributed by atoms with van der Waals surface area (Å²) < 4.78 is -0.715. The fourth-order valence-electron chi connectivity index (χ4n) is 0.668. The Hall–Kier alpha value is 0.610. The van der Waals surface area contributed by atoms with Gasteiger partial charge in [-0.05, 0) is 13.3 Å². The van der Waals surface area contributed by atoms with Crippen LogP contribution in [0.1, 0.15) is 19.8 Å². The highest BCUT2D eigenvalue weighted by atomic mass is 35.5. The number of halogens is 3. The Kier molecular flexibility index (Phi) is 4.75. The molecule has 0 spiro atoms. The van der Waals surface area contributed by atoms with Gasteiger partial charge < -0.3 is 0 Å². The standard InChI is InChI=1S/C7H11Cl3/c1-6(2)5-7(9,10)3-4-8/h1,3-5H2,2H3. The molecule has 0 N–H and O–H groups in total. The zero-order valence-corrected chi connectivity index (χ0v) is 8.23. The lowest BCUT2D eigenvalue weighted by atomic mass is 10.1. The van der Waals surface area contributed by atoms with Crippen LogP contribution in [0, 0.1) is 0 Å². The van der Waals surface area contributed by atoms with Gasteiger partial charge in [-0.3, -0.25) is 0 Å². The van der Waals surface area contributed by atoms with Gasteiger partial charge >= 0.3 is 0 Å². The van der Waals surface area contributed by atoms with Crippen molar-refractivity contribution >= 4 is 34.8 Å². The molecule has 0 amide bonds. The molecule has 0 fully saturated rings. The van der Waals surface area contributed by atoms with Gasteiger partial charge in [0, 0.05) is 12.3 Å². The molecule has 0 rings (SSSR count). The summed E-state index contributed by atoms with van der Waals surface area (Å²) in [4.78, 5) is 0. The predicted octanol–water partition coefficient (Wildman–Crippen LogP) is 3.76. The Bertz CT molecular complexity index is 118. The normalized spacial score (nSPS) is 11.6. The van der Waals surface area contributed by atoms with Gasteiger partial charge in [-0.25, -0.2) is 0 Å². The van der Waals surface area contributed by atoms with Gasteiger partial charge in [0.2, 0.25) is 0 Å². The maximum Gasteiger partial charge on any atom is 0.123 e. The van der Waals surface area contributed by atoms with Gasteiger partial charge in [0.05, 0.1) is 0 Å². The van der Waals surface area contributed by atoms with Crippen LogP contribution in [0.4, 0.5) is 0 Å². The third-order valence-corrected chi connectivity index (χ3v) is 1.85. The fourth-order valence-corrected chi connectivity index (χ4v) is 1.83. The lowest BCUT2D eigenvalue weighted by Crippen LogP contribution is -2.13. The molecule has 0 heterocycles. The molecule has 0 aliphatic carbocycles. The fraction of sp³-hybridized carbons (Fsp3) is 0.714. The van der Waals surface area contributed by atoms with Crippen LogP contribution >= 0.6 is 34.8 Å². The first-order chi connectivity index (χ1) is 4.48. The zero-order chi connectivity index (χ0) is 8.20. The van der Waals surface area contributed by atoms with Crippen LogP contribution in [0.15, 0.2) is 12.2 Å². The average molecular weight is 202 g/mol. The Morgan fingerprint density at radius 2 is 2.00 bits per heavy atom. The smallest absolute Gasteiger partial charge is 0.123 e. The molecule has 0 nitrogen and oxygen atoms in total. The quantitative estimate of drug-likeness (QED) is 0.480. The van der Waals surface area contributed by atoms with Crippen molar-refractivity contribution in [1.29, 1.82) is 0 Å². The Morgan fingerprint density at radius 1 is 1.50 bits per heavy atom. The third kappa shape index (κ3) is 5.40.